The van der Waals surface area contributed by atoms with Crippen molar-refractivity contribution in [3.8, 4) is 11.5 Å². The third-order valence-electron chi connectivity index (χ3n) is 3.74. The van der Waals surface area contributed by atoms with Crippen molar-refractivity contribution in [3.63, 3.8) is 0 Å². The number of carbonyl (C=O) groups excluding carboxylic acids is 1. The van der Waals surface area contributed by atoms with Gasteiger partial charge in [-0.1, -0.05) is 24.3 Å². The Hall–Kier alpha value is -2.67. The van der Waals surface area contributed by atoms with Gasteiger partial charge in [0.1, 0.15) is 11.5 Å². The Morgan fingerprint density at radius 2 is 1.63 bits per heavy atom. The van der Waals surface area contributed by atoms with Gasteiger partial charge < -0.3 is 14.8 Å². The molecule has 0 spiro atoms. The van der Waals surface area contributed by atoms with E-state index in [0.29, 0.717) is 19.7 Å². The Bertz CT molecular complexity index is 706. The van der Waals surface area contributed by atoms with Crippen LogP contribution in [-0.2, 0) is 17.9 Å². The minimum atomic E-state index is -2.85. The predicted molar refractivity (Wildman–Crippen MR) is 98.9 cm³/mol. The van der Waals surface area contributed by atoms with E-state index in [1.807, 2.05) is 43.1 Å². The molecule has 146 valence electrons. The molecule has 0 saturated carbocycles. The van der Waals surface area contributed by atoms with Crippen molar-refractivity contribution in [2.75, 3.05) is 20.2 Å². The molecular weight excluding hydrogens is 354 g/mol. The van der Waals surface area contributed by atoms with Crippen LogP contribution in [0.3, 0.4) is 0 Å². The molecule has 0 fully saturated rings. The number of hydrogen-bond donors (Lipinski definition) is 1. The first-order valence-corrected chi connectivity index (χ1v) is 8.67. The predicted octanol–water partition coefficient (Wildman–Crippen LogP) is 3.43. The van der Waals surface area contributed by atoms with E-state index in [4.69, 9.17) is 4.74 Å². The maximum absolute atomic E-state index is 12.1. The van der Waals surface area contributed by atoms with E-state index in [2.05, 4.69) is 10.1 Å². The lowest BCUT2D eigenvalue weighted by Crippen LogP contribution is -2.34. The highest BCUT2D eigenvalue weighted by atomic mass is 19.3. The number of nitrogens with one attached hydrogen (secondary N) is 1. The Morgan fingerprint density at radius 1 is 1.04 bits per heavy atom. The Morgan fingerprint density at radius 3 is 2.22 bits per heavy atom. The number of ether oxygens (including phenoxy) is 2. The molecule has 2 aromatic rings. The van der Waals surface area contributed by atoms with Gasteiger partial charge in [0.2, 0.25) is 5.91 Å². The van der Waals surface area contributed by atoms with Gasteiger partial charge in [-0.15, -0.1) is 0 Å². The average Bonchev–Trinajstić information content (AvgIpc) is 2.62. The normalized spacial score (nSPS) is 10.9. The fourth-order valence-corrected chi connectivity index (χ4v) is 2.52. The topological polar surface area (TPSA) is 50.8 Å². The maximum atomic E-state index is 12.1. The summed E-state index contributed by atoms with van der Waals surface area (Å²) in [5, 5.41) is 2.81. The number of carbonyl (C=O) groups is 1. The lowest BCUT2D eigenvalue weighted by Gasteiger charge is -2.17. The fraction of sp³-hybridized carbons (Fsp3) is 0.350. The van der Waals surface area contributed by atoms with Crippen LogP contribution in [0.25, 0.3) is 0 Å². The van der Waals surface area contributed by atoms with Gasteiger partial charge in [0.25, 0.3) is 0 Å². The summed E-state index contributed by atoms with van der Waals surface area (Å²) in [6, 6.07) is 14.0. The first-order valence-electron chi connectivity index (χ1n) is 8.67. The van der Waals surface area contributed by atoms with Crippen molar-refractivity contribution in [2.45, 2.75) is 26.6 Å². The number of rotatable bonds is 10. The number of alkyl halides is 2. The van der Waals surface area contributed by atoms with E-state index in [1.54, 1.807) is 12.1 Å². The zero-order valence-corrected chi connectivity index (χ0v) is 15.5. The zero-order valence-electron chi connectivity index (χ0n) is 15.5. The lowest BCUT2D eigenvalue weighted by atomic mass is 10.2. The molecule has 2 aromatic carbocycles. The molecule has 2 rings (SSSR count). The summed E-state index contributed by atoms with van der Waals surface area (Å²) < 4.78 is 33.9. The van der Waals surface area contributed by atoms with Crippen molar-refractivity contribution in [1.29, 1.82) is 0 Å². The molecule has 0 radical (unpaired) electrons. The molecule has 0 saturated heterocycles. The zero-order chi connectivity index (χ0) is 19.6. The van der Waals surface area contributed by atoms with Crippen LogP contribution >= 0.6 is 0 Å². The van der Waals surface area contributed by atoms with Crippen molar-refractivity contribution in [1.82, 2.24) is 10.2 Å². The van der Waals surface area contributed by atoms with Crippen LogP contribution in [0.1, 0.15) is 18.1 Å². The van der Waals surface area contributed by atoms with Crippen molar-refractivity contribution in [2.24, 2.45) is 0 Å². The van der Waals surface area contributed by atoms with Crippen molar-refractivity contribution in [3.05, 3.63) is 59.7 Å². The molecule has 0 heterocycles. The molecule has 0 atom stereocenters. The minimum absolute atomic E-state index is 0.0927. The maximum Gasteiger partial charge on any atom is 0.387 e. The first-order chi connectivity index (χ1) is 13.0. The summed E-state index contributed by atoms with van der Waals surface area (Å²) in [6.07, 6.45) is 0. The Labute approximate surface area is 157 Å². The van der Waals surface area contributed by atoms with Crippen LogP contribution in [0.5, 0.6) is 11.5 Å². The fourth-order valence-electron chi connectivity index (χ4n) is 2.52. The third kappa shape index (κ3) is 7.62. The number of hydrogen-bond acceptors (Lipinski definition) is 4. The number of nitrogens with zero attached hydrogens (tertiary/aromatic N) is 1. The SMILES string of the molecule is CCOc1ccc(CN(C)CC(=O)NCc2ccc(OC(F)F)cc2)cc1. The second-order valence-corrected chi connectivity index (χ2v) is 6.05. The number of amides is 1. The molecule has 5 nitrogen and oxygen atoms in total. The largest absolute Gasteiger partial charge is 0.494 e. The second kappa shape index (κ2) is 10.5. The molecule has 0 aromatic heterocycles. The second-order valence-electron chi connectivity index (χ2n) is 6.05. The highest BCUT2D eigenvalue weighted by Gasteiger charge is 2.08. The molecule has 27 heavy (non-hydrogen) atoms. The summed E-state index contributed by atoms with van der Waals surface area (Å²) in [5.41, 5.74) is 1.89. The van der Waals surface area contributed by atoms with Gasteiger partial charge in [-0.25, -0.2) is 0 Å². The minimum Gasteiger partial charge on any atom is -0.494 e. The van der Waals surface area contributed by atoms with E-state index in [1.165, 1.54) is 12.1 Å². The summed E-state index contributed by atoms with van der Waals surface area (Å²) in [6.45, 7) is 0.929. The summed E-state index contributed by atoms with van der Waals surface area (Å²) >= 11 is 0. The van der Waals surface area contributed by atoms with Gasteiger partial charge in [0, 0.05) is 13.1 Å². The van der Waals surface area contributed by atoms with Crippen LogP contribution in [0, 0.1) is 0 Å². The van der Waals surface area contributed by atoms with Gasteiger partial charge in [0.15, 0.2) is 0 Å². The van der Waals surface area contributed by atoms with Crippen LogP contribution < -0.4 is 14.8 Å². The highest BCUT2D eigenvalue weighted by molar-refractivity contribution is 5.77. The molecular formula is C20H24F2N2O3. The standard InChI is InChI=1S/C20H24F2N2O3/c1-3-26-17-8-6-16(7-9-17)13-24(2)14-19(25)23-12-15-4-10-18(11-5-15)27-20(21)22/h4-11,20H,3,12-14H2,1-2H3,(H,23,25). The molecule has 0 aliphatic carbocycles. The van der Waals surface area contributed by atoms with E-state index >= 15 is 0 Å². The highest BCUT2D eigenvalue weighted by Crippen LogP contribution is 2.15. The molecule has 7 heteroatoms. The van der Waals surface area contributed by atoms with Crippen LogP contribution in [0.15, 0.2) is 48.5 Å². The molecule has 1 amide bonds. The van der Waals surface area contributed by atoms with Crippen molar-refractivity contribution < 1.29 is 23.0 Å². The van der Waals surface area contributed by atoms with E-state index in [0.717, 1.165) is 16.9 Å². The Balaban J connectivity index is 1.74. The van der Waals surface area contributed by atoms with Crippen LogP contribution in [0.2, 0.25) is 0 Å². The molecule has 0 bridgehead atoms. The van der Waals surface area contributed by atoms with E-state index < -0.39 is 6.61 Å². The summed E-state index contributed by atoms with van der Waals surface area (Å²) in [7, 11) is 1.87. The van der Waals surface area contributed by atoms with Gasteiger partial charge in [-0.05, 0) is 49.4 Å². The summed E-state index contributed by atoms with van der Waals surface area (Å²) in [5.74, 6) is 0.804. The third-order valence-corrected chi connectivity index (χ3v) is 3.74. The quantitative estimate of drug-likeness (QED) is 0.688. The number of halogens is 2. The monoisotopic (exact) mass is 378 g/mol. The van der Waals surface area contributed by atoms with Gasteiger partial charge in [-0.3, -0.25) is 9.69 Å². The molecule has 0 aliphatic heterocycles. The van der Waals surface area contributed by atoms with E-state index in [-0.39, 0.29) is 18.2 Å². The summed E-state index contributed by atoms with van der Waals surface area (Å²) in [4.78, 5) is 14.0. The van der Waals surface area contributed by atoms with Crippen LogP contribution in [-0.4, -0.2) is 37.6 Å². The van der Waals surface area contributed by atoms with Gasteiger partial charge >= 0.3 is 6.61 Å². The number of likely N-dealkylation sites (N-methyl/N-ethyl adjacent to an activating group) is 1. The van der Waals surface area contributed by atoms with E-state index in [9.17, 15) is 13.6 Å². The first kappa shape index (κ1) is 20.6. The van der Waals surface area contributed by atoms with Crippen LogP contribution in [0.4, 0.5) is 8.78 Å². The van der Waals surface area contributed by atoms with Crippen molar-refractivity contribution >= 4 is 5.91 Å². The van der Waals surface area contributed by atoms with Gasteiger partial charge in [-0.2, -0.15) is 8.78 Å². The Kier molecular flexibility index (Phi) is 8.00. The smallest absolute Gasteiger partial charge is 0.387 e. The van der Waals surface area contributed by atoms with Gasteiger partial charge in [0.05, 0.1) is 13.2 Å². The molecule has 0 unspecified atom stereocenters. The number of benzene rings is 2. The average molecular weight is 378 g/mol. The lowest BCUT2D eigenvalue weighted by molar-refractivity contribution is -0.122. The molecule has 0 aliphatic rings. The molecule has 1 N–H and O–H groups in total.